The smallest absolute Gasteiger partial charge is 0.239 e. The van der Waals surface area contributed by atoms with Crippen LogP contribution in [0.25, 0.3) is 0 Å². The normalized spacial score (nSPS) is 18.3. The lowest BCUT2D eigenvalue weighted by molar-refractivity contribution is -0.132. The van der Waals surface area contributed by atoms with Crippen molar-refractivity contribution in [3.63, 3.8) is 0 Å². The largest absolute Gasteiger partial charge is 0.379 e. The lowest BCUT2D eigenvalue weighted by Gasteiger charge is -2.29. The number of amides is 1. The highest BCUT2D eigenvalue weighted by Gasteiger charge is 2.21. The molecule has 1 heterocycles. The highest BCUT2D eigenvalue weighted by Crippen LogP contribution is 2.03. The summed E-state index contributed by atoms with van der Waals surface area (Å²) < 4.78 is 5.28. The standard InChI is InChI=1S/C12H25N3O2.ClH/c1-10(2)11(13)12(16)14(3)4-5-15-6-8-17-9-7-15;/h10-11H,4-9,13H2,1-3H3;1H/t11-;/m0./s1. The highest BCUT2D eigenvalue weighted by atomic mass is 35.5. The number of rotatable bonds is 5. The molecule has 0 saturated carbocycles. The fourth-order valence-electron chi connectivity index (χ4n) is 1.77. The molecule has 1 saturated heterocycles. The van der Waals surface area contributed by atoms with Crippen LogP contribution in [0.3, 0.4) is 0 Å². The molecule has 0 aromatic carbocycles. The Balaban J connectivity index is 0.00000289. The summed E-state index contributed by atoms with van der Waals surface area (Å²) in [6, 6.07) is -0.385. The molecule has 0 unspecified atom stereocenters. The van der Waals surface area contributed by atoms with E-state index < -0.39 is 0 Å². The van der Waals surface area contributed by atoms with E-state index >= 15 is 0 Å². The monoisotopic (exact) mass is 279 g/mol. The Morgan fingerprint density at radius 2 is 1.94 bits per heavy atom. The number of halogens is 1. The van der Waals surface area contributed by atoms with E-state index in [1.165, 1.54) is 0 Å². The van der Waals surface area contributed by atoms with E-state index in [0.717, 1.165) is 39.4 Å². The van der Waals surface area contributed by atoms with Gasteiger partial charge in [0.15, 0.2) is 0 Å². The third-order valence-electron chi connectivity index (χ3n) is 3.23. The summed E-state index contributed by atoms with van der Waals surface area (Å²) >= 11 is 0. The fraction of sp³-hybridized carbons (Fsp3) is 0.917. The van der Waals surface area contributed by atoms with Gasteiger partial charge in [-0.05, 0) is 5.92 Å². The minimum Gasteiger partial charge on any atom is -0.379 e. The average molecular weight is 280 g/mol. The lowest BCUT2D eigenvalue weighted by atomic mass is 10.0. The molecule has 0 spiro atoms. The molecule has 0 bridgehead atoms. The zero-order chi connectivity index (χ0) is 12.8. The number of ether oxygens (including phenoxy) is 1. The number of hydrogen-bond acceptors (Lipinski definition) is 4. The molecule has 0 aromatic rings. The summed E-state index contributed by atoms with van der Waals surface area (Å²) in [6.07, 6.45) is 0. The van der Waals surface area contributed by atoms with E-state index in [0.29, 0.717) is 0 Å². The predicted molar refractivity (Wildman–Crippen MR) is 75.0 cm³/mol. The number of morpholine rings is 1. The Hall–Kier alpha value is -0.360. The third-order valence-corrected chi connectivity index (χ3v) is 3.23. The topological polar surface area (TPSA) is 58.8 Å². The van der Waals surface area contributed by atoms with Gasteiger partial charge in [-0.15, -0.1) is 12.4 Å². The van der Waals surface area contributed by atoms with Crippen molar-refractivity contribution in [3.05, 3.63) is 0 Å². The molecule has 2 N–H and O–H groups in total. The first-order valence-corrected chi connectivity index (χ1v) is 6.33. The number of carbonyl (C=O) groups excluding carboxylic acids is 1. The number of carbonyl (C=O) groups is 1. The van der Waals surface area contributed by atoms with Crippen molar-refractivity contribution in [1.29, 1.82) is 0 Å². The summed E-state index contributed by atoms with van der Waals surface area (Å²) in [5, 5.41) is 0. The molecule has 0 aliphatic carbocycles. The zero-order valence-electron chi connectivity index (χ0n) is 11.6. The maximum Gasteiger partial charge on any atom is 0.239 e. The van der Waals surface area contributed by atoms with E-state index in [1.807, 2.05) is 20.9 Å². The van der Waals surface area contributed by atoms with Gasteiger partial charge in [0.2, 0.25) is 5.91 Å². The van der Waals surface area contributed by atoms with E-state index in [9.17, 15) is 4.79 Å². The summed E-state index contributed by atoms with van der Waals surface area (Å²) in [5.41, 5.74) is 5.84. The zero-order valence-corrected chi connectivity index (χ0v) is 12.4. The molecule has 5 nitrogen and oxygen atoms in total. The molecule has 1 aliphatic heterocycles. The van der Waals surface area contributed by atoms with Crippen molar-refractivity contribution >= 4 is 18.3 Å². The van der Waals surface area contributed by atoms with Crippen LogP contribution in [-0.2, 0) is 9.53 Å². The minimum absolute atomic E-state index is 0. The van der Waals surface area contributed by atoms with E-state index in [-0.39, 0.29) is 30.3 Å². The Kier molecular flexibility index (Phi) is 8.52. The van der Waals surface area contributed by atoms with Gasteiger partial charge in [0, 0.05) is 33.2 Å². The van der Waals surface area contributed by atoms with Crippen molar-refractivity contribution < 1.29 is 9.53 Å². The van der Waals surface area contributed by atoms with E-state index in [2.05, 4.69) is 4.90 Å². The van der Waals surface area contributed by atoms with Crippen LogP contribution in [0.2, 0.25) is 0 Å². The first-order chi connectivity index (χ1) is 8.02. The summed E-state index contributed by atoms with van der Waals surface area (Å²) in [6.45, 7) is 9.08. The number of nitrogens with zero attached hydrogens (tertiary/aromatic N) is 2. The number of hydrogen-bond donors (Lipinski definition) is 1. The van der Waals surface area contributed by atoms with Crippen LogP contribution < -0.4 is 5.73 Å². The molecule has 1 amide bonds. The fourth-order valence-corrected chi connectivity index (χ4v) is 1.77. The van der Waals surface area contributed by atoms with Gasteiger partial charge >= 0.3 is 0 Å². The number of likely N-dealkylation sites (N-methyl/N-ethyl adjacent to an activating group) is 1. The van der Waals surface area contributed by atoms with Crippen LogP contribution >= 0.6 is 12.4 Å². The van der Waals surface area contributed by atoms with Crippen molar-refractivity contribution in [1.82, 2.24) is 9.80 Å². The summed E-state index contributed by atoms with van der Waals surface area (Å²) in [7, 11) is 1.82. The molecule has 108 valence electrons. The SMILES string of the molecule is CC(C)[C@H](N)C(=O)N(C)CCN1CCOCC1.Cl. The Labute approximate surface area is 116 Å². The minimum atomic E-state index is -0.385. The maximum atomic E-state index is 11.9. The van der Waals surface area contributed by atoms with Gasteiger partial charge in [-0.1, -0.05) is 13.8 Å². The molecule has 1 rings (SSSR count). The van der Waals surface area contributed by atoms with Gasteiger partial charge in [-0.25, -0.2) is 0 Å². The van der Waals surface area contributed by atoms with Gasteiger partial charge in [0.1, 0.15) is 0 Å². The molecule has 0 radical (unpaired) electrons. The van der Waals surface area contributed by atoms with Crippen molar-refractivity contribution in [2.75, 3.05) is 46.4 Å². The maximum absolute atomic E-state index is 11.9. The molecule has 1 aliphatic rings. The second-order valence-electron chi connectivity index (χ2n) is 4.98. The third kappa shape index (κ3) is 5.52. The molecule has 1 fully saturated rings. The molecular weight excluding hydrogens is 254 g/mol. The molecule has 0 aromatic heterocycles. The molecule has 18 heavy (non-hydrogen) atoms. The van der Waals surface area contributed by atoms with Crippen LogP contribution in [0.15, 0.2) is 0 Å². The highest BCUT2D eigenvalue weighted by molar-refractivity contribution is 5.85. The second kappa shape index (κ2) is 8.69. The Bertz CT molecular complexity index is 245. The van der Waals surface area contributed by atoms with Gasteiger partial charge in [0.25, 0.3) is 0 Å². The average Bonchev–Trinajstić information content (AvgIpc) is 2.35. The summed E-state index contributed by atoms with van der Waals surface area (Å²) in [4.78, 5) is 16.0. The van der Waals surface area contributed by atoms with Gasteiger partial charge in [-0.2, -0.15) is 0 Å². The van der Waals surface area contributed by atoms with Crippen molar-refractivity contribution in [2.24, 2.45) is 11.7 Å². The molecular formula is C12H26ClN3O2. The van der Waals surface area contributed by atoms with Crippen LogP contribution in [-0.4, -0.2) is 68.2 Å². The molecule has 1 atom stereocenters. The van der Waals surface area contributed by atoms with Crippen LogP contribution in [0, 0.1) is 5.92 Å². The van der Waals surface area contributed by atoms with Gasteiger partial charge < -0.3 is 15.4 Å². The first-order valence-electron chi connectivity index (χ1n) is 6.33. The second-order valence-corrected chi connectivity index (χ2v) is 4.98. The van der Waals surface area contributed by atoms with Crippen molar-refractivity contribution in [2.45, 2.75) is 19.9 Å². The van der Waals surface area contributed by atoms with Crippen LogP contribution in [0.4, 0.5) is 0 Å². The number of nitrogens with two attached hydrogens (primary N) is 1. The van der Waals surface area contributed by atoms with E-state index in [1.54, 1.807) is 4.90 Å². The van der Waals surface area contributed by atoms with Crippen molar-refractivity contribution in [3.8, 4) is 0 Å². The van der Waals surface area contributed by atoms with Crippen LogP contribution in [0.1, 0.15) is 13.8 Å². The van der Waals surface area contributed by atoms with Crippen LogP contribution in [0.5, 0.6) is 0 Å². The first kappa shape index (κ1) is 17.6. The Morgan fingerprint density at radius 1 is 1.39 bits per heavy atom. The quantitative estimate of drug-likeness (QED) is 0.780. The molecule has 6 heteroatoms. The lowest BCUT2D eigenvalue weighted by Crippen LogP contribution is -2.48. The van der Waals surface area contributed by atoms with Gasteiger partial charge in [-0.3, -0.25) is 9.69 Å². The Morgan fingerprint density at radius 3 is 2.44 bits per heavy atom. The summed E-state index contributed by atoms with van der Waals surface area (Å²) in [5.74, 6) is 0.224. The van der Waals surface area contributed by atoms with Gasteiger partial charge in [0.05, 0.1) is 19.3 Å². The predicted octanol–water partition coefficient (Wildman–Crippen LogP) is 0.182. The van der Waals surface area contributed by atoms with E-state index in [4.69, 9.17) is 10.5 Å².